The van der Waals surface area contributed by atoms with Crippen LogP contribution < -0.4 is 0 Å². The van der Waals surface area contributed by atoms with E-state index in [0.29, 0.717) is 0 Å². The van der Waals surface area contributed by atoms with Crippen LogP contribution in [0.15, 0.2) is 30.3 Å². The van der Waals surface area contributed by atoms with Gasteiger partial charge in [0.05, 0.1) is 11.4 Å². The lowest BCUT2D eigenvalue weighted by Crippen LogP contribution is -2.34. The van der Waals surface area contributed by atoms with E-state index in [2.05, 4.69) is 17.0 Å². The van der Waals surface area contributed by atoms with E-state index in [4.69, 9.17) is 0 Å². The number of hydrogen-bond acceptors (Lipinski definition) is 3. The van der Waals surface area contributed by atoms with E-state index in [-0.39, 0.29) is 5.91 Å². The average Bonchev–Trinajstić information content (AvgIpc) is 2.74. The molecule has 0 radical (unpaired) electrons. The van der Waals surface area contributed by atoms with E-state index < -0.39 is 0 Å². The number of amides is 1. The van der Waals surface area contributed by atoms with Crippen LogP contribution in [-0.4, -0.2) is 58.7 Å². The first-order valence-electron chi connectivity index (χ1n) is 8.16. The van der Waals surface area contributed by atoms with Crippen molar-refractivity contribution in [1.82, 2.24) is 19.6 Å². The second-order valence-corrected chi connectivity index (χ2v) is 6.33. The molecule has 1 aromatic carbocycles. The number of aromatic nitrogens is 2. The van der Waals surface area contributed by atoms with Crippen molar-refractivity contribution in [3.8, 4) is 5.69 Å². The quantitative estimate of drug-likeness (QED) is 0.854. The van der Waals surface area contributed by atoms with E-state index in [0.717, 1.165) is 55.2 Å². The van der Waals surface area contributed by atoms with Gasteiger partial charge in [-0.3, -0.25) is 4.79 Å². The van der Waals surface area contributed by atoms with Gasteiger partial charge in [-0.2, -0.15) is 5.10 Å². The van der Waals surface area contributed by atoms with Crippen LogP contribution in [0, 0.1) is 13.8 Å². The Labute approximate surface area is 137 Å². The van der Waals surface area contributed by atoms with E-state index in [1.54, 1.807) is 0 Å². The summed E-state index contributed by atoms with van der Waals surface area (Å²) in [5.74, 6) is 0.125. The summed E-state index contributed by atoms with van der Waals surface area (Å²) in [6.45, 7) is 7.65. The minimum absolute atomic E-state index is 0.125. The van der Waals surface area contributed by atoms with Gasteiger partial charge in [0.15, 0.2) is 0 Å². The van der Waals surface area contributed by atoms with Crippen LogP contribution in [-0.2, 0) is 0 Å². The Kier molecular flexibility index (Phi) is 4.48. The molecule has 0 bridgehead atoms. The molecule has 0 saturated carbocycles. The van der Waals surface area contributed by atoms with Gasteiger partial charge in [0.25, 0.3) is 5.91 Å². The maximum absolute atomic E-state index is 12.7. The lowest BCUT2D eigenvalue weighted by molar-refractivity contribution is 0.0763. The Morgan fingerprint density at radius 3 is 2.43 bits per heavy atom. The molecule has 2 heterocycles. The molecular weight excluding hydrogens is 288 g/mol. The molecule has 23 heavy (non-hydrogen) atoms. The molecule has 1 saturated heterocycles. The van der Waals surface area contributed by atoms with E-state index in [1.807, 2.05) is 53.8 Å². The molecule has 0 N–H and O–H groups in total. The fourth-order valence-corrected chi connectivity index (χ4v) is 3.07. The predicted molar refractivity (Wildman–Crippen MR) is 91.1 cm³/mol. The van der Waals surface area contributed by atoms with Crippen molar-refractivity contribution in [3.63, 3.8) is 0 Å². The van der Waals surface area contributed by atoms with Gasteiger partial charge in [-0.1, -0.05) is 0 Å². The molecule has 0 aliphatic carbocycles. The Bertz CT molecular complexity index is 690. The Morgan fingerprint density at radius 1 is 1.04 bits per heavy atom. The minimum Gasteiger partial charge on any atom is -0.337 e. The molecule has 3 rings (SSSR count). The van der Waals surface area contributed by atoms with Crippen LogP contribution >= 0.6 is 0 Å². The molecule has 122 valence electrons. The van der Waals surface area contributed by atoms with Crippen molar-refractivity contribution in [2.45, 2.75) is 20.3 Å². The molecule has 5 nitrogen and oxygen atoms in total. The van der Waals surface area contributed by atoms with Crippen molar-refractivity contribution in [3.05, 3.63) is 47.3 Å². The fourth-order valence-electron chi connectivity index (χ4n) is 3.07. The number of nitrogens with zero attached hydrogens (tertiary/aromatic N) is 4. The Morgan fingerprint density at radius 2 is 1.78 bits per heavy atom. The van der Waals surface area contributed by atoms with Crippen molar-refractivity contribution < 1.29 is 4.79 Å². The molecule has 1 aliphatic heterocycles. The third-order valence-corrected chi connectivity index (χ3v) is 4.38. The van der Waals surface area contributed by atoms with Gasteiger partial charge in [-0.25, -0.2) is 4.68 Å². The van der Waals surface area contributed by atoms with Crippen LogP contribution in [0.2, 0.25) is 0 Å². The smallest absolute Gasteiger partial charge is 0.253 e. The summed E-state index contributed by atoms with van der Waals surface area (Å²) in [6, 6.07) is 9.80. The summed E-state index contributed by atoms with van der Waals surface area (Å²) in [5, 5.41) is 4.48. The molecule has 0 spiro atoms. The lowest BCUT2D eigenvalue weighted by atomic mass is 10.1. The van der Waals surface area contributed by atoms with Crippen LogP contribution in [0.3, 0.4) is 0 Å². The second kappa shape index (κ2) is 6.54. The van der Waals surface area contributed by atoms with Crippen LogP contribution in [0.25, 0.3) is 5.69 Å². The van der Waals surface area contributed by atoms with E-state index in [1.165, 1.54) is 0 Å². The first-order chi connectivity index (χ1) is 11.0. The fraction of sp³-hybridized carbons (Fsp3) is 0.444. The molecule has 0 unspecified atom stereocenters. The third-order valence-electron chi connectivity index (χ3n) is 4.38. The van der Waals surface area contributed by atoms with E-state index in [9.17, 15) is 4.79 Å². The number of aryl methyl sites for hydroxylation is 2. The first kappa shape index (κ1) is 15.7. The highest BCUT2D eigenvalue weighted by molar-refractivity contribution is 5.94. The van der Waals surface area contributed by atoms with Crippen molar-refractivity contribution in [1.29, 1.82) is 0 Å². The highest BCUT2D eigenvalue weighted by Crippen LogP contribution is 2.15. The predicted octanol–water partition coefficient (Wildman–Crippen LogP) is 2.27. The second-order valence-electron chi connectivity index (χ2n) is 6.33. The van der Waals surface area contributed by atoms with E-state index >= 15 is 0 Å². The zero-order valence-corrected chi connectivity index (χ0v) is 14.1. The standard InChI is InChI=1S/C18H24N4O/c1-14-13-15(2)22(19-14)17-7-5-16(6-8-17)18(23)21-10-4-9-20(3)11-12-21/h5-8,13H,4,9-12H2,1-3H3. The maximum atomic E-state index is 12.7. The van der Waals surface area contributed by atoms with Gasteiger partial charge < -0.3 is 9.80 Å². The minimum atomic E-state index is 0.125. The van der Waals surface area contributed by atoms with Gasteiger partial charge in [-0.05, 0) is 64.2 Å². The summed E-state index contributed by atoms with van der Waals surface area (Å²) in [7, 11) is 2.11. The molecule has 2 aromatic rings. The number of benzene rings is 1. The Hall–Kier alpha value is -2.14. The van der Waals surface area contributed by atoms with Crippen molar-refractivity contribution >= 4 is 5.91 Å². The summed E-state index contributed by atoms with van der Waals surface area (Å²) in [5.41, 5.74) is 3.83. The van der Waals surface area contributed by atoms with Crippen LogP contribution in [0.5, 0.6) is 0 Å². The summed E-state index contributed by atoms with van der Waals surface area (Å²) < 4.78 is 1.91. The monoisotopic (exact) mass is 312 g/mol. The normalized spacial score (nSPS) is 16.4. The van der Waals surface area contributed by atoms with Gasteiger partial charge in [0.1, 0.15) is 0 Å². The van der Waals surface area contributed by atoms with Gasteiger partial charge >= 0.3 is 0 Å². The zero-order chi connectivity index (χ0) is 16.4. The number of carbonyl (C=O) groups excluding carboxylic acids is 1. The topological polar surface area (TPSA) is 41.4 Å². The molecular formula is C18H24N4O. The molecule has 0 atom stereocenters. The number of likely N-dealkylation sites (N-methyl/N-ethyl adjacent to an activating group) is 1. The third kappa shape index (κ3) is 3.45. The van der Waals surface area contributed by atoms with Crippen LogP contribution in [0.4, 0.5) is 0 Å². The largest absolute Gasteiger partial charge is 0.337 e. The highest BCUT2D eigenvalue weighted by atomic mass is 16.2. The number of carbonyl (C=O) groups is 1. The summed E-state index contributed by atoms with van der Waals surface area (Å²) >= 11 is 0. The van der Waals surface area contributed by atoms with Crippen molar-refractivity contribution in [2.24, 2.45) is 0 Å². The lowest BCUT2D eigenvalue weighted by Gasteiger charge is -2.20. The highest BCUT2D eigenvalue weighted by Gasteiger charge is 2.18. The summed E-state index contributed by atoms with van der Waals surface area (Å²) in [6.07, 6.45) is 1.03. The SMILES string of the molecule is Cc1cc(C)n(-c2ccc(C(=O)N3CCCN(C)CC3)cc2)n1. The van der Waals surface area contributed by atoms with Crippen LogP contribution in [0.1, 0.15) is 28.2 Å². The molecule has 5 heteroatoms. The molecule has 1 fully saturated rings. The molecule has 1 aromatic heterocycles. The van der Waals surface area contributed by atoms with Gasteiger partial charge in [-0.15, -0.1) is 0 Å². The Balaban J connectivity index is 1.76. The maximum Gasteiger partial charge on any atom is 0.253 e. The van der Waals surface area contributed by atoms with Gasteiger partial charge in [0, 0.05) is 30.9 Å². The molecule has 1 aliphatic rings. The first-order valence-corrected chi connectivity index (χ1v) is 8.16. The molecule has 1 amide bonds. The number of hydrogen-bond donors (Lipinski definition) is 0. The van der Waals surface area contributed by atoms with Crippen molar-refractivity contribution in [2.75, 3.05) is 33.2 Å². The summed E-state index contributed by atoms with van der Waals surface area (Å²) in [4.78, 5) is 16.9. The number of rotatable bonds is 2. The zero-order valence-electron chi connectivity index (χ0n) is 14.1. The average molecular weight is 312 g/mol. The van der Waals surface area contributed by atoms with Gasteiger partial charge in [0.2, 0.25) is 0 Å².